The Morgan fingerprint density at radius 2 is 2.21 bits per heavy atom. The third-order valence-corrected chi connectivity index (χ3v) is 3.46. The van der Waals surface area contributed by atoms with Crippen LogP contribution in [0.1, 0.15) is 24.5 Å². The van der Waals surface area contributed by atoms with Crippen molar-refractivity contribution in [3.05, 3.63) is 29.3 Å². The van der Waals surface area contributed by atoms with Crippen molar-refractivity contribution in [1.82, 2.24) is 5.32 Å². The van der Waals surface area contributed by atoms with Crippen molar-refractivity contribution in [1.29, 1.82) is 0 Å². The molecule has 3 amide bonds. The van der Waals surface area contributed by atoms with Gasteiger partial charge in [0.15, 0.2) is 0 Å². The molecule has 6 nitrogen and oxygen atoms in total. The number of imide groups is 1. The van der Waals surface area contributed by atoms with Gasteiger partial charge >= 0.3 is 6.09 Å². The first kappa shape index (κ1) is 11.7. The molecule has 1 heterocycles. The van der Waals surface area contributed by atoms with Gasteiger partial charge in [-0.1, -0.05) is 6.07 Å². The van der Waals surface area contributed by atoms with Gasteiger partial charge in [-0.05, 0) is 24.1 Å². The predicted molar refractivity (Wildman–Crippen MR) is 65.4 cm³/mol. The van der Waals surface area contributed by atoms with E-state index >= 15 is 0 Å². The van der Waals surface area contributed by atoms with Crippen LogP contribution < -0.4 is 10.6 Å². The molecule has 0 bridgehead atoms. The molecule has 1 spiro atoms. The largest absolute Gasteiger partial charge is 0.427 e. The summed E-state index contributed by atoms with van der Waals surface area (Å²) in [5, 5.41) is 4.85. The number of rotatable bonds is 1. The summed E-state index contributed by atoms with van der Waals surface area (Å²) in [6, 6.07) is 5.24. The Labute approximate surface area is 109 Å². The lowest BCUT2D eigenvalue weighted by molar-refractivity contribution is -0.131. The highest BCUT2D eigenvalue weighted by atomic mass is 16.6. The zero-order valence-corrected chi connectivity index (χ0v) is 10.3. The summed E-state index contributed by atoms with van der Waals surface area (Å²) in [5.74, 6) is -0.568. The van der Waals surface area contributed by atoms with Crippen LogP contribution in [0.2, 0.25) is 0 Å². The number of nitrogens with one attached hydrogen (secondary N) is 2. The first-order valence-electron chi connectivity index (χ1n) is 5.97. The number of benzene rings is 1. The third-order valence-electron chi connectivity index (χ3n) is 3.46. The van der Waals surface area contributed by atoms with Gasteiger partial charge in [-0.2, -0.15) is 0 Å². The Hall–Kier alpha value is -2.37. The topological polar surface area (TPSA) is 84.5 Å². The van der Waals surface area contributed by atoms with Gasteiger partial charge in [-0.25, -0.2) is 4.79 Å². The monoisotopic (exact) mass is 260 g/mol. The van der Waals surface area contributed by atoms with Gasteiger partial charge in [-0.3, -0.25) is 14.9 Å². The van der Waals surface area contributed by atoms with Crippen LogP contribution in [0.5, 0.6) is 0 Å². The molecule has 1 aliphatic carbocycles. The molecule has 1 atom stereocenters. The molecule has 98 valence electrons. The third kappa shape index (κ3) is 1.68. The summed E-state index contributed by atoms with van der Waals surface area (Å²) >= 11 is 0. The van der Waals surface area contributed by atoms with E-state index in [9.17, 15) is 14.4 Å². The van der Waals surface area contributed by atoms with E-state index in [-0.39, 0.29) is 5.91 Å². The van der Waals surface area contributed by atoms with Crippen molar-refractivity contribution in [3.8, 4) is 0 Å². The maximum atomic E-state index is 11.9. The maximum Gasteiger partial charge on any atom is 0.415 e. The van der Waals surface area contributed by atoms with E-state index in [0.717, 1.165) is 5.56 Å². The average Bonchev–Trinajstić information content (AvgIpc) is 2.81. The number of aryl methyl sites for hydroxylation is 1. The van der Waals surface area contributed by atoms with Crippen LogP contribution in [-0.4, -0.2) is 17.9 Å². The zero-order valence-electron chi connectivity index (χ0n) is 10.3. The van der Waals surface area contributed by atoms with Crippen LogP contribution in [0.15, 0.2) is 18.2 Å². The molecule has 2 aliphatic rings. The van der Waals surface area contributed by atoms with Crippen LogP contribution >= 0.6 is 0 Å². The van der Waals surface area contributed by atoms with E-state index in [1.807, 2.05) is 6.07 Å². The molecule has 6 heteroatoms. The van der Waals surface area contributed by atoms with Gasteiger partial charge in [0, 0.05) is 24.6 Å². The second-order valence-electron chi connectivity index (χ2n) is 4.72. The first-order valence-corrected chi connectivity index (χ1v) is 5.97. The number of ether oxygens (including phenoxy) is 1. The summed E-state index contributed by atoms with van der Waals surface area (Å²) in [7, 11) is 0. The van der Waals surface area contributed by atoms with Gasteiger partial charge in [0.1, 0.15) is 0 Å². The van der Waals surface area contributed by atoms with Crippen molar-refractivity contribution < 1.29 is 19.1 Å². The molecule has 1 aromatic rings. The van der Waals surface area contributed by atoms with Crippen molar-refractivity contribution in [2.75, 3.05) is 5.32 Å². The van der Waals surface area contributed by atoms with Gasteiger partial charge < -0.3 is 10.1 Å². The summed E-state index contributed by atoms with van der Waals surface area (Å²) in [6.07, 6.45) is 0.358. The van der Waals surface area contributed by atoms with E-state index in [2.05, 4.69) is 10.6 Å². The zero-order chi connectivity index (χ0) is 13.6. The molecule has 1 fully saturated rings. The lowest BCUT2D eigenvalue weighted by atomic mass is 9.95. The van der Waals surface area contributed by atoms with Crippen LogP contribution in [0.3, 0.4) is 0 Å². The van der Waals surface area contributed by atoms with Crippen molar-refractivity contribution in [3.63, 3.8) is 0 Å². The number of amides is 3. The van der Waals surface area contributed by atoms with E-state index < -0.39 is 17.6 Å². The molecule has 0 aromatic heterocycles. The molecule has 0 saturated carbocycles. The van der Waals surface area contributed by atoms with E-state index in [1.54, 1.807) is 12.1 Å². The van der Waals surface area contributed by atoms with Crippen molar-refractivity contribution in [2.24, 2.45) is 0 Å². The maximum absolute atomic E-state index is 11.9. The summed E-state index contributed by atoms with van der Waals surface area (Å²) in [5.41, 5.74) is 1.11. The first-order chi connectivity index (χ1) is 9.01. The quantitative estimate of drug-likeness (QED) is 0.790. The van der Waals surface area contributed by atoms with E-state index in [1.165, 1.54) is 6.92 Å². The van der Waals surface area contributed by atoms with Crippen LogP contribution in [-0.2, 0) is 26.3 Å². The molecular formula is C13H12N2O4. The van der Waals surface area contributed by atoms with Crippen LogP contribution in [0.25, 0.3) is 0 Å². The fourth-order valence-electron chi connectivity index (χ4n) is 2.69. The van der Waals surface area contributed by atoms with Crippen LogP contribution in [0, 0.1) is 0 Å². The van der Waals surface area contributed by atoms with Crippen LogP contribution in [0.4, 0.5) is 10.5 Å². The molecule has 0 unspecified atom stereocenters. The second kappa shape index (κ2) is 3.81. The summed E-state index contributed by atoms with van der Waals surface area (Å²) < 4.78 is 5.18. The highest BCUT2D eigenvalue weighted by Crippen LogP contribution is 2.43. The Kier molecular flexibility index (Phi) is 2.35. The number of fused-ring (bicyclic) bond motifs is 2. The van der Waals surface area contributed by atoms with Gasteiger partial charge in [-0.15, -0.1) is 0 Å². The summed E-state index contributed by atoms with van der Waals surface area (Å²) in [6.45, 7) is 1.43. The Balaban J connectivity index is 2.00. The van der Waals surface area contributed by atoms with Crippen molar-refractivity contribution >= 4 is 23.6 Å². The minimum Gasteiger partial charge on any atom is -0.427 e. The molecule has 1 saturated heterocycles. The average molecular weight is 260 g/mol. The van der Waals surface area contributed by atoms with Gasteiger partial charge in [0.05, 0.1) is 0 Å². The fourth-order valence-corrected chi connectivity index (χ4v) is 2.69. The number of carbonyl (C=O) groups is 3. The lowest BCUT2D eigenvalue weighted by Crippen LogP contribution is -2.34. The highest BCUT2D eigenvalue weighted by molar-refractivity contribution is 6.04. The molecule has 2 N–H and O–H groups in total. The van der Waals surface area contributed by atoms with Crippen molar-refractivity contribution in [2.45, 2.75) is 25.4 Å². The van der Waals surface area contributed by atoms with Gasteiger partial charge in [0.2, 0.25) is 11.5 Å². The SMILES string of the molecule is CC(=O)Nc1ccc2c(c1)CC[C@]21OC(=O)NC1=O. The minimum absolute atomic E-state index is 0.155. The predicted octanol–water partition coefficient (Wildman–Crippen LogP) is 1.05. The number of alkyl carbamates (subject to hydrolysis) is 1. The summed E-state index contributed by atoms with van der Waals surface area (Å²) in [4.78, 5) is 34.1. The molecular weight excluding hydrogens is 248 g/mol. The fraction of sp³-hybridized carbons (Fsp3) is 0.308. The molecule has 0 radical (unpaired) electrons. The Morgan fingerprint density at radius 3 is 2.84 bits per heavy atom. The number of hydrogen-bond donors (Lipinski definition) is 2. The Bertz CT molecular complexity index is 611. The van der Waals surface area contributed by atoms with E-state index in [4.69, 9.17) is 4.74 Å². The molecule has 1 aromatic carbocycles. The molecule has 3 rings (SSSR count). The molecule has 19 heavy (non-hydrogen) atoms. The lowest BCUT2D eigenvalue weighted by Gasteiger charge is -2.19. The highest BCUT2D eigenvalue weighted by Gasteiger charge is 2.54. The standard InChI is InChI=1S/C13H12N2O4/c1-7(16)14-9-2-3-10-8(6-9)4-5-13(10)11(17)15-12(18)19-13/h2-3,6H,4-5H2,1H3,(H,14,16)(H,15,17,18)/t13-/m0/s1. The Morgan fingerprint density at radius 1 is 1.42 bits per heavy atom. The number of hydrogen-bond acceptors (Lipinski definition) is 4. The number of anilines is 1. The minimum atomic E-state index is -1.18. The van der Waals surface area contributed by atoms with E-state index in [0.29, 0.717) is 24.1 Å². The van der Waals surface area contributed by atoms with Gasteiger partial charge in [0.25, 0.3) is 5.91 Å². The molecule has 1 aliphatic heterocycles. The normalized spacial score (nSPS) is 24.1. The smallest absolute Gasteiger partial charge is 0.415 e. The second-order valence-corrected chi connectivity index (χ2v) is 4.72. The number of carbonyl (C=O) groups excluding carboxylic acids is 3.